The van der Waals surface area contributed by atoms with E-state index >= 15 is 0 Å². The minimum atomic E-state index is 0.566. The van der Waals surface area contributed by atoms with E-state index < -0.39 is 0 Å². The maximum Gasteiger partial charge on any atom is 0.142 e. The lowest BCUT2D eigenvalue weighted by Gasteiger charge is -2.07. The second-order valence-corrected chi connectivity index (χ2v) is 4.37. The molecule has 0 spiro atoms. The van der Waals surface area contributed by atoms with E-state index in [4.69, 9.17) is 5.73 Å². The van der Waals surface area contributed by atoms with Crippen molar-refractivity contribution in [3.05, 3.63) is 36.0 Å². The minimum absolute atomic E-state index is 0.566. The van der Waals surface area contributed by atoms with Crippen molar-refractivity contribution < 1.29 is 0 Å². The van der Waals surface area contributed by atoms with Gasteiger partial charge in [0.05, 0.1) is 5.69 Å². The number of nitrogen functional groups attached to an aromatic ring is 1. The zero-order valence-electron chi connectivity index (χ0n) is 9.35. The predicted molar refractivity (Wildman–Crippen MR) is 65.1 cm³/mol. The van der Waals surface area contributed by atoms with Crippen molar-refractivity contribution in [3.63, 3.8) is 0 Å². The van der Waals surface area contributed by atoms with Crippen LogP contribution in [0.1, 0.15) is 24.6 Å². The van der Waals surface area contributed by atoms with Gasteiger partial charge in [0.2, 0.25) is 0 Å². The van der Waals surface area contributed by atoms with Gasteiger partial charge in [-0.15, -0.1) is 0 Å². The van der Waals surface area contributed by atoms with E-state index in [9.17, 15) is 0 Å². The lowest BCUT2D eigenvalue weighted by Crippen LogP contribution is -2.02. The molecule has 2 N–H and O–H groups in total. The summed E-state index contributed by atoms with van der Waals surface area (Å²) < 4.78 is 2.19. The third kappa shape index (κ3) is 1.40. The number of hydrogen-bond donors (Lipinski definition) is 1. The lowest BCUT2D eigenvalue weighted by molar-refractivity contribution is 0.759. The normalized spacial score (nSPS) is 15.3. The molecule has 3 nitrogen and oxygen atoms in total. The zero-order chi connectivity index (χ0) is 11.1. The smallest absolute Gasteiger partial charge is 0.142 e. The summed E-state index contributed by atoms with van der Waals surface area (Å²) in [5.74, 6) is 1.83. The average Bonchev–Trinajstić information content (AvgIpc) is 3.09. The number of hydrogen-bond acceptors (Lipinski definition) is 2. The Bertz CT molecular complexity index is 509. The molecule has 2 aromatic rings. The van der Waals surface area contributed by atoms with Gasteiger partial charge in [-0.25, -0.2) is 4.98 Å². The van der Waals surface area contributed by atoms with Crippen molar-refractivity contribution in [2.45, 2.75) is 25.8 Å². The van der Waals surface area contributed by atoms with Gasteiger partial charge in [0, 0.05) is 11.6 Å². The molecule has 0 unspecified atom stereocenters. The van der Waals surface area contributed by atoms with Crippen LogP contribution in [0.5, 0.6) is 0 Å². The molecule has 1 aliphatic carbocycles. The molecule has 1 saturated carbocycles. The topological polar surface area (TPSA) is 43.8 Å². The Hall–Kier alpha value is -1.77. The van der Waals surface area contributed by atoms with Gasteiger partial charge in [0.1, 0.15) is 11.6 Å². The summed E-state index contributed by atoms with van der Waals surface area (Å²) in [7, 11) is 0. The number of anilines is 1. The molecule has 3 heteroatoms. The van der Waals surface area contributed by atoms with Crippen LogP contribution in [-0.2, 0) is 0 Å². The molecule has 1 fully saturated rings. The standard InChI is InChI=1S/C13H15N3/c1-9-12(14)16(11-7-8-11)13(15-9)10-5-3-2-4-6-10/h2-6,11H,7-8,14H2,1H3. The van der Waals surface area contributed by atoms with Crippen molar-refractivity contribution >= 4 is 5.82 Å². The van der Waals surface area contributed by atoms with E-state index in [1.165, 1.54) is 12.8 Å². The van der Waals surface area contributed by atoms with E-state index in [0.717, 1.165) is 22.9 Å². The Labute approximate surface area is 94.9 Å². The highest BCUT2D eigenvalue weighted by atomic mass is 15.2. The van der Waals surface area contributed by atoms with Gasteiger partial charge < -0.3 is 10.3 Å². The third-order valence-corrected chi connectivity index (χ3v) is 3.08. The van der Waals surface area contributed by atoms with Crippen molar-refractivity contribution in [1.29, 1.82) is 0 Å². The third-order valence-electron chi connectivity index (χ3n) is 3.08. The average molecular weight is 213 g/mol. The summed E-state index contributed by atoms with van der Waals surface area (Å²) in [6.07, 6.45) is 2.44. The molecule has 0 atom stereocenters. The molecule has 0 amide bonds. The van der Waals surface area contributed by atoms with Crippen LogP contribution in [0.25, 0.3) is 11.4 Å². The van der Waals surface area contributed by atoms with Crippen LogP contribution in [-0.4, -0.2) is 9.55 Å². The lowest BCUT2D eigenvalue weighted by atomic mass is 10.2. The number of nitrogens with two attached hydrogens (primary N) is 1. The highest BCUT2D eigenvalue weighted by Gasteiger charge is 2.29. The fourth-order valence-electron chi connectivity index (χ4n) is 2.05. The van der Waals surface area contributed by atoms with Crippen molar-refractivity contribution in [1.82, 2.24) is 9.55 Å². The molecule has 1 heterocycles. The number of imidazole rings is 1. The summed E-state index contributed by atoms with van der Waals surface area (Å²) in [5.41, 5.74) is 8.17. The van der Waals surface area contributed by atoms with Gasteiger partial charge in [-0.3, -0.25) is 0 Å². The molecule has 16 heavy (non-hydrogen) atoms. The maximum absolute atomic E-state index is 6.08. The molecule has 1 aromatic heterocycles. The van der Waals surface area contributed by atoms with E-state index in [1.807, 2.05) is 25.1 Å². The molecule has 0 bridgehead atoms. The summed E-state index contributed by atoms with van der Waals surface area (Å²) in [4.78, 5) is 4.58. The van der Waals surface area contributed by atoms with Crippen molar-refractivity contribution in [3.8, 4) is 11.4 Å². The molecule has 1 aliphatic rings. The van der Waals surface area contributed by atoms with Crippen LogP contribution in [0.15, 0.2) is 30.3 Å². The van der Waals surface area contributed by atoms with Crippen LogP contribution in [0, 0.1) is 6.92 Å². The molecule has 0 aliphatic heterocycles. The van der Waals surface area contributed by atoms with E-state index in [0.29, 0.717) is 6.04 Å². The number of rotatable bonds is 2. The Morgan fingerprint density at radius 1 is 1.25 bits per heavy atom. The first-order valence-electron chi connectivity index (χ1n) is 5.67. The monoisotopic (exact) mass is 213 g/mol. The highest BCUT2D eigenvalue weighted by Crippen LogP contribution is 2.41. The van der Waals surface area contributed by atoms with Gasteiger partial charge >= 0.3 is 0 Å². The fraction of sp³-hybridized carbons (Fsp3) is 0.308. The van der Waals surface area contributed by atoms with Gasteiger partial charge in [-0.1, -0.05) is 30.3 Å². The quantitative estimate of drug-likeness (QED) is 0.833. The SMILES string of the molecule is Cc1nc(-c2ccccc2)n(C2CC2)c1N. The molecule has 0 radical (unpaired) electrons. The molecule has 82 valence electrons. The van der Waals surface area contributed by atoms with E-state index in [-0.39, 0.29) is 0 Å². The fourth-order valence-corrected chi connectivity index (χ4v) is 2.05. The van der Waals surface area contributed by atoms with Gasteiger partial charge in [0.15, 0.2) is 0 Å². The number of benzene rings is 1. The first-order chi connectivity index (χ1) is 7.77. The summed E-state index contributed by atoms with van der Waals surface area (Å²) in [6, 6.07) is 10.8. The van der Waals surface area contributed by atoms with Crippen molar-refractivity contribution in [2.75, 3.05) is 5.73 Å². The second-order valence-electron chi connectivity index (χ2n) is 4.37. The Kier molecular flexibility index (Phi) is 1.99. The minimum Gasteiger partial charge on any atom is -0.384 e. The van der Waals surface area contributed by atoms with Crippen LogP contribution in [0.2, 0.25) is 0 Å². The van der Waals surface area contributed by atoms with Crippen LogP contribution in [0.4, 0.5) is 5.82 Å². The number of aryl methyl sites for hydroxylation is 1. The predicted octanol–water partition coefficient (Wildman–Crippen LogP) is 2.78. The Morgan fingerprint density at radius 3 is 2.56 bits per heavy atom. The summed E-state index contributed by atoms with van der Waals surface area (Å²) >= 11 is 0. The Morgan fingerprint density at radius 2 is 1.94 bits per heavy atom. The van der Waals surface area contributed by atoms with Gasteiger partial charge in [-0.05, 0) is 19.8 Å². The van der Waals surface area contributed by atoms with E-state index in [2.05, 4.69) is 21.7 Å². The molecular formula is C13H15N3. The second kappa shape index (κ2) is 3.37. The van der Waals surface area contributed by atoms with Gasteiger partial charge in [0.25, 0.3) is 0 Å². The Balaban J connectivity index is 2.17. The van der Waals surface area contributed by atoms with Crippen LogP contribution < -0.4 is 5.73 Å². The van der Waals surface area contributed by atoms with E-state index in [1.54, 1.807) is 0 Å². The van der Waals surface area contributed by atoms with Gasteiger partial charge in [-0.2, -0.15) is 0 Å². The molecule has 3 rings (SSSR count). The molecular weight excluding hydrogens is 198 g/mol. The number of nitrogens with zero attached hydrogens (tertiary/aromatic N) is 2. The van der Waals surface area contributed by atoms with Crippen molar-refractivity contribution in [2.24, 2.45) is 0 Å². The van der Waals surface area contributed by atoms with Crippen LogP contribution >= 0.6 is 0 Å². The van der Waals surface area contributed by atoms with Crippen LogP contribution in [0.3, 0.4) is 0 Å². The molecule has 0 saturated heterocycles. The largest absolute Gasteiger partial charge is 0.384 e. The summed E-state index contributed by atoms with van der Waals surface area (Å²) in [5, 5.41) is 0. The first-order valence-corrected chi connectivity index (χ1v) is 5.67. The zero-order valence-corrected chi connectivity index (χ0v) is 9.35. The summed E-state index contributed by atoms with van der Waals surface area (Å²) in [6.45, 7) is 1.97. The first kappa shape index (κ1) is 9.46. The number of aromatic nitrogens is 2. The highest BCUT2D eigenvalue weighted by molar-refractivity contribution is 5.60. The molecule has 1 aromatic carbocycles. The maximum atomic E-state index is 6.08.